The minimum absolute atomic E-state index is 0. The summed E-state index contributed by atoms with van der Waals surface area (Å²) in [7, 11) is 0. The summed E-state index contributed by atoms with van der Waals surface area (Å²) in [6.45, 7) is 3.75. The molecule has 1 saturated heterocycles. The van der Waals surface area contributed by atoms with Gasteiger partial charge in [0.25, 0.3) is 0 Å². The van der Waals surface area contributed by atoms with Gasteiger partial charge in [-0.2, -0.15) is 0 Å². The van der Waals surface area contributed by atoms with Crippen LogP contribution < -0.4 is 10.6 Å². The molecule has 2 N–H and O–H groups in total. The molecule has 1 aromatic carbocycles. The molecule has 0 unspecified atom stereocenters. The molecule has 1 saturated carbocycles. The first-order valence-corrected chi connectivity index (χ1v) is 11.7. The number of ether oxygens (including phenoxy) is 2. The standard InChI is InChI=1S/C25H35N3O3.HI/c1-2-5-22(4-1)28-25(26-14-11-23-6-3-15-30-23)27-18-20-7-9-21(10-8-20)19-31-24-12-16-29-17-13-24;/h3,6-10,15,22,24H,1-2,4-5,11-14,16-19H2,(H2,26,27,28);1H. The first-order chi connectivity index (χ1) is 15.3. The summed E-state index contributed by atoms with van der Waals surface area (Å²) in [5, 5.41) is 7.08. The third-order valence-electron chi connectivity index (χ3n) is 6.04. The summed E-state index contributed by atoms with van der Waals surface area (Å²) in [4.78, 5) is 4.84. The zero-order valence-corrected chi connectivity index (χ0v) is 21.1. The van der Waals surface area contributed by atoms with Gasteiger partial charge in [0.2, 0.25) is 0 Å². The number of benzene rings is 1. The molecule has 4 rings (SSSR count). The van der Waals surface area contributed by atoms with E-state index in [9.17, 15) is 0 Å². The van der Waals surface area contributed by atoms with E-state index in [0.29, 0.717) is 25.3 Å². The Hall–Kier alpha value is -1.58. The van der Waals surface area contributed by atoms with Crippen molar-refractivity contribution in [2.45, 2.75) is 70.2 Å². The molecule has 2 fully saturated rings. The number of guanidine groups is 1. The van der Waals surface area contributed by atoms with Crippen LogP contribution in [-0.2, 0) is 29.0 Å². The van der Waals surface area contributed by atoms with Gasteiger partial charge in [-0.25, -0.2) is 4.99 Å². The lowest BCUT2D eigenvalue weighted by Crippen LogP contribution is -2.43. The van der Waals surface area contributed by atoms with Crippen molar-refractivity contribution in [2.24, 2.45) is 4.99 Å². The van der Waals surface area contributed by atoms with Crippen LogP contribution in [0.4, 0.5) is 0 Å². The van der Waals surface area contributed by atoms with Crippen molar-refractivity contribution in [3.63, 3.8) is 0 Å². The van der Waals surface area contributed by atoms with Gasteiger partial charge in [-0.15, -0.1) is 24.0 Å². The van der Waals surface area contributed by atoms with E-state index in [0.717, 1.165) is 50.7 Å². The summed E-state index contributed by atoms with van der Waals surface area (Å²) in [6.07, 6.45) is 9.94. The van der Waals surface area contributed by atoms with E-state index in [-0.39, 0.29) is 24.0 Å². The number of rotatable bonds is 9. The molecule has 7 heteroatoms. The van der Waals surface area contributed by atoms with E-state index in [1.54, 1.807) is 6.26 Å². The maximum absolute atomic E-state index is 6.02. The number of nitrogens with one attached hydrogen (secondary N) is 2. The molecule has 32 heavy (non-hydrogen) atoms. The fraction of sp³-hybridized carbons (Fsp3) is 0.560. The first-order valence-electron chi connectivity index (χ1n) is 11.7. The first kappa shape index (κ1) is 25.1. The highest BCUT2D eigenvalue weighted by Crippen LogP contribution is 2.18. The summed E-state index contributed by atoms with van der Waals surface area (Å²) in [5.74, 6) is 1.89. The SMILES string of the molecule is I.c1coc(CCNC(=NCc2ccc(COC3CCOCC3)cc2)NC2CCCC2)c1. The highest BCUT2D eigenvalue weighted by Gasteiger charge is 2.16. The normalized spacial score (nSPS) is 17.8. The molecule has 0 spiro atoms. The Kier molecular flexibility index (Phi) is 10.8. The molecular weight excluding hydrogens is 517 g/mol. The van der Waals surface area contributed by atoms with Gasteiger partial charge in [0, 0.05) is 32.2 Å². The van der Waals surface area contributed by atoms with Crippen molar-refractivity contribution in [1.29, 1.82) is 0 Å². The van der Waals surface area contributed by atoms with Crippen LogP contribution in [0.15, 0.2) is 52.1 Å². The number of nitrogens with zero attached hydrogens (tertiary/aromatic N) is 1. The summed E-state index contributed by atoms with van der Waals surface area (Å²) < 4.78 is 16.8. The molecule has 1 aromatic heterocycles. The zero-order chi connectivity index (χ0) is 21.1. The molecule has 0 bridgehead atoms. The van der Waals surface area contributed by atoms with Gasteiger partial charge >= 0.3 is 0 Å². The predicted octanol–water partition coefficient (Wildman–Crippen LogP) is 4.81. The van der Waals surface area contributed by atoms with Gasteiger partial charge < -0.3 is 24.5 Å². The van der Waals surface area contributed by atoms with E-state index in [2.05, 4.69) is 34.9 Å². The average Bonchev–Trinajstić information content (AvgIpc) is 3.52. The smallest absolute Gasteiger partial charge is 0.191 e. The second-order valence-corrected chi connectivity index (χ2v) is 8.49. The van der Waals surface area contributed by atoms with Crippen LogP contribution in [-0.4, -0.2) is 37.9 Å². The topological polar surface area (TPSA) is 68.0 Å². The molecule has 1 aliphatic carbocycles. The van der Waals surface area contributed by atoms with Crippen LogP contribution in [0.5, 0.6) is 0 Å². The highest BCUT2D eigenvalue weighted by atomic mass is 127. The average molecular weight is 553 g/mol. The van der Waals surface area contributed by atoms with Crippen LogP contribution in [0.1, 0.15) is 55.4 Å². The van der Waals surface area contributed by atoms with Crippen molar-refractivity contribution < 1.29 is 13.9 Å². The zero-order valence-electron chi connectivity index (χ0n) is 18.8. The maximum Gasteiger partial charge on any atom is 0.191 e. The molecule has 1 aliphatic heterocycles. The van der Waals surface area contributed by atoms with Crippen LogP contribution in [0.2, 0.25) is 0 Å². The lowest BCUT2D eigenvalue weighted by molar-refractivity contribution is -0.0390. The quantitative estimate of drug-likeness (QED) is 0.265. The van der Waals surface area contributed by atoms with Gasteiger partial charge in [0.05, 0.1) is 25.5 Å². The van der Waals surface area contributed by atoms with Gasteiger partial charge in [-0.1, -0.05) is 37.1 Å². The molecule has 2 aliphatic rings. The molecule has 0 amide bonds. The lowest BCUT2D eigenvalue weighted by atomic mass is 10.1. The van der Waals surface area contributed by atoms with Crippen LogP contribution >= 0.6 is 24.0 Å². The van der Waals surface area contributed by atoms with Gasteiger partial charge in [0.15, 0.2) is 5.96 Å². The molecule has 2 heterocycles. The monoisotopic (exact) mass is 553 g/mol. The Balaban J connectivity index is 0.00000289. The van der Waals surface area contributed by atoms with Crippen molar-refractivity contribution >= 4 is 29.9 Å². The Morgan fingerprint density at radius 2 is 1.75 bits per heavy atom. The Bertz CT molecular complexity index is 783. The van der Waals surface area contributed by atoms with E-state index >= 15 is 0 Å². The molecule has 176 valence electrons. The minimum atomic E-state index is 0. The second kappa shape index (κ2) is 13.9. The molecule has 0 radical (unpaired) electrons. The van der Waals surface area contributed by atoms with E-state index < -0.39 is 0 Å². The Morgan fingerprint density at radius 3 is 2.47 bits per heavy atom. The number of hydrogen-bond acceptors (Lipinski definition) is 4. The van der Waals surface area contributed by atoms with Gasteiger partial charge in [-0.05, 0) is 48.9 Å². The van der Waals surface area contributed by atoms with Crippen molar-refractivity contribution in [1.82, 2.24) is 10.6 Å². The third kappa shape index (κ3) is 8.41. The lowest BCUT2D eigenvalue weighted by Gasteiger charge is -2.22. The summed E-state index contributed by atoms with van der Waals surface area (Å²) in [6, 6.07) is 13.1. The van der Waals surface area contributed by atoms with Crippen LogP contribution in [0.25, 0.3) is 0 Å². The second-order valence-electron chi connectivity index (χ2n) is 8.49. The highest BCUT2D eigenvalue weighted by molar-refractivity contribution is 14.0. The van der Waals surface area contributed by atoms with E-state index in [1.165, 1.54) is 36.8 Å². The Labute approximate surface area is 208 Å². The molecule has 0 atom stereocenters. The largest absolute Gasteiger partial charge is 0.469 e. The maximum atomic E-state index is 6.02. The van der Waals surface area contributed by atoms with Crippen molar-refractivity contribution in [3.05, 3.63) is 59.5 Å². The summed E-state index contributed by atoms with van der Waals surface area (Å²) >= 11 is 0. The van der Waals surface area contributed by atoms with E-state index in [1.807, 2.05) is 12.1 Å². The fourth-order valence-corrected chi connectivity index (χ4v) is 4.14. The molecular formula is C25H36IN3O3. The third-order valence-corrected chi connectivity index (χ3v) is 6.04. The number of halogens is 1. The van der Waals surface area contributed by atoms with Crippen molar-refractivity contribution in [3.8, 4) is 0 Å². The Morgan fingerprint density at radius 1 is 1.00 bits per heavy atom. The van der Waals surface area contributed by atoms with E-state index in [4.69, 9.17) is 18.9 Å². The summed E-state index contributed by atoms with van der Waals surface area (Å²) in [5.41, 5.74) is 2.41. The number of aliphatic imine (C=N–C) groups is 1. The minimum Gasteiger partial charge on any atom is -0.469 e. The fourth-order valence-electron chi connectivity index (χ4n) is 4.14. The van der Waals surface area contributed by atoms with Gasteiger partial charge in [0.1, 0.15) is 5.76 Å². The molecule has 2 aromatic rings. The van der Waals surface area contributed by atoms with Gasteiger partial charge in [-0.3, -0.25) is 0 Å². The number of hydrogen-bond donors (Lipinski definition) is 2. The molecule has 6 nitrogen and oxygen atoms in total. The van der Waals surface area contributed by atoms with Crippen molar-refractivity contribution in [2.75, 3.05) is 19.8 Å². The van der Waals surface area contributed by atoms with Crippen LogP contribution in [0, 0.1) is 0 Å². The number of furan rings is 1. The predicted molar refractivity (Wildman–Crippen MR) is 137 cm³/mol. The van der Waals surface area contributed by atoms with Crippen LogP contribution in [0.3, 0.4) is 0 Å².